The highest BCUT2D eigenvalue weighted by Crippen LogP contribution is 2.43. The molecule has 1 aromatic carbocycles. The molecule has 2 atom stereocenters. The van der Waals surface area contributed by atoms with Gasteiger partial charge in [-0.15, -0.1) is 0 Å². The average Bonchev–Trinajstić information content (AvgIpc) is 3.35. The van der Waals surface area contributed by atoms with Crippen LogP contribution in [0.25, 0.3) is 0 Å². The third-order valence-corrected chi connectivity index (χ3v) is 8.35. The number of carbonyl (C=O) groups is 1. The van der Waals surface area contributed by atoms with Crippen LogP contribution in [-0.2, 0) is 20.4 Å². The second-order valence-electron chi connectivity index (χ2n) is 13.3. The van der Waals surface area contributed by atoms with Gasteiger partial charge in [-0.1, -0.05) is 75.2 Å². The molecule has 1 fully saturated rings. The van der Waals surface area contributed by atoms with Crippen molar-refractivity contribution in [1.29, 1.82) is 0 Å². The van der Waals surface area contributed by atoms with Crippen LogP contribution in [0.3, 0.4) is 0 Å². The molecular weight excluding hydrogens is 504 g/mol. The molecular formula is C33H56N2O5. The molecule has 1 N–H and O–H groups in total. The lowest BCUT2D eigenvalue weighted by atomic mass is 9.79. The number of nitrogens with zero attached hydrogens (tertiary/aromatic N) is 2. The molecule has 1 aromatic rings. The molecule has 1 heterocycles. The first-order valence-corrected chi connectivity index (χ1v) is 15.2. The summed E-state index contributed by atoms with van der Waals surface area (Å²) in [5.74, 6) is 0.764. The molecule has 7 nitrogen and oxygen atoms in total. The van der Waals surface area contributed by atoms with Gasteiger partial charge in [-0.05, 0) is 55.1 Å². The van der Waals surface area contributed by atoms with Crippen LogP contribution in [0.5, 0.6) is 11.5 Å². The van der Waals surface area contributed by atoms with Gasteiger partial charge in [-0.25, -0.2) is 4.79 Å². The summed E-state index contributed by atoms with van der Waals surface area (Å²) in [5, 5.41) is 17.8. The van der Waals surface area contributed by atoms with Crippen LogP contribution in [0, 0.1) is 0 Å². The first-order chi connectivity index (χ1) is 18.7. The van der Waals surface area contributed by atoms with E-state index in [0.29, 0.717) is 12.2 Å². The third kappa shape index (κ3) is 8.22. The summed E-state index contributed by atoms with van der Waals surface area (Å²) < 4.78 is 18.0. The van der Waals surface area contributed by atoms with E-state index in [-0.39, 0.29) is 34.6 Å². The van der Waals surface area contributed by atoms with Crippen molar-refractivity contribution in [2.45, 2.75) is 142 Å². The molecule has 0 bridgehead atoms. The number of benzene rings is 1. The molecule has 0 aromatic heterocycles. The summed E-state index contributed by atoms with van der Waals surface area (Å²) in [6.45, 7) is 19.7. The number of methoxy groups -OCH3 is 2. The quantitative estimate of drug-likeness (QED) is 0.157. The monoisotopic (exact) mass is 560 g/mol. The summed E-state index contributed by atoms with van der Waals surface area (Å²) in [4.78, 5) is 14.0. The Balaban J connectivity index is 2.62. The van der Waals surface area contributed by atoms with Crippen molar-refractivity contribution in [1.82, 2.24) is 5.01 Å². The summed E-state index contributed by atoms with van der Waals surface area (Å²) in [7, 11) is 3.42. The SMILES string of the molecule is CCCC[C@@H](O)C/C(=N\N1CCC[C@H]1C(CC)(CC)OC)C(=O)Oc1c(C(C)(C)C)cc(OC)cc1C(C)(C)C. The Morgan fingerprint density at radius 1 is 1.05 bits per heavy atom. The fraction of sp³-hybridized carbons (Fsp3) is 0.758. The minimum absolute atomic E-state index is 0.0549. The van der Waals surface area contributed by atoms with Crippen molar-refractivity contribution in [2.24, 2.45) is 5.10 Å². The van der Waals surface area contributed by atoms with Crippen LogP contribution < -0.4 is 9.47 Å². The normalized spacial score (nSPS) is 17.8. The molecule has 0 radical (unpaired) electrons. The third-order valence-electron chi connectivity index (χ3n) is 8.35. The van der Waals surface area contributed by atoms with Gasteiger partial charge in [0.25, 0.3) is 0 Å². The lowest BCUT2D eigenvalue weighted by Crippen LogP contribution is -2.49. The summed E-state index contributed by atoms with van der Waals surface area (Å²) in [6, 6.07) is 3.97. The van der Waals surface area contributed by atoms with Gasteiger partial charge in [-0.3, -0.25) is 5.01 Å². The molecule has 0 unspecified atom stereocenters. The fourth-order valence-corrected chi connectivity index (χ4v) is 5.73. The topological polar surface area (TPSA) is 80.6 Å². The van der Waals surface area contributed by atoms with E-state index in [9.17, 15) is 9.90 Å². The Morgan fingerprint density at radius 3 is 2.08 bits per heavy atom. The number of hydrazone groups is 1. The second kappa shape index (κ2) is 14.2. The largest absolute Gasteiger partial charge is 0.497 e. The maximum absolute atomic E-state index is 14.0. The van der Waals surface area contributed by atoms with Gasteiger partial charge < -0.3 is 19.3 Å². The summed E-state index contributed by atoms with van der Waals surface area (Å²) in [6.07, 6.45) is 5.57. The van der Waals surface area contributed by atoms with Crippen molar-refractivity contribution < 1.29 is 24.1 Å². The first-order valence-electron chi connectivity index (χ1n) is 15.2. The zero-order valence-corrected chi connectivity index (χ0v) is 27.1. The molecule has 228 valence electrons. The van der Waals surface area contributed by atoms with Gasteiger partial charge in [0, 0.05) is 31.2 Å². The van der Waals surface area contributed by atoms with E-state index >= 15 is 0 Å². The summed E-state index contributed by atoms with van der Waals surface area (Å²) >= 11 is 0. The molecule has 7 heteroatoms. The highest BCUT2D eigenvalue weighted by Gasteiger charge is 2.42. The predicted octanol–water partition coefficient (Wildman–Crippen LogP) is 7.16. The number of ether oxygens (including phenoxy) is 3. The van der Waals surface area contributed by atoms with Crippen molar-refractivity contribution in [2.75, 3.05) is 20.8 Å². The molecule has 1 saturated heterocycles. The highest BCUT2D eigenvalue weighted by molar-refractivity contribution is 6.37. The standard InChI is InChI=1S/C33H56N2O5/c1-12-15-17-23(36)20-27(34-35-19-16-18-28(35)33(13-2,14-3)39-11)30(37)40-29-25(31(4,5)6)21-24(38-10)22-26(29)32(7,8)9/h21-23,28,36H,12-20H2,1-11H3/b34-27+/t23-,28+/m1/s1. The van der Waals surface area contributed by atoms with E-state index in [0.717, 1.165) is 61.9 Å². The van der Waals surface area contributed by atoms with Gasteiger partial charge in [0.2, 0.25) is 0 Å². The predicted molar refractivity (Wildman–Crippen MR) is 164 cm³/mol. The number of unbranched alkanes of at least 4 members (excludes halogenated alkanes) is 1. The number of hydrogen-bond donors (Lipinski definition) is 1. The number of carbonyl (C=O) groups excluding carboxylic acids is 1. The molecule has 0 aliphatic carbocycles. The molecule has 1 aliphatic heterocycles. The smallest absolute Gasteiger partial charge is 0.360 e. The average molecular weight is 561 g/mol. The number of aliphatic hydroxyl groups excluding tert-OH is 1. The summed E-state index contributed by atoms with van der Waals surface area (Å²) in [5.41, 5.74) is 1.09. The zero-order valence-electron chi connectivity index (χ0n) is 27.1. The van der Waals surface area contributed by atoms with E-state index in [4.69, 9.17) is 19.3 Å². The van der Waals surface area contributed by atoms with E-state index in [2.05, 4.69) is 62.3 Å². The number of rotatable bonds is 13. The molecule has 2 rings (SSSR count). The Bertz CT molecular complexity index is 958. The Kier molecular flexibility index (Phi) is 12.1. The van der Waals surface area contributed by atoms with Crippen LogP contribution in [0.4, 0.5) is 0 Å². The zero-order chi connectivity index (χ0) is 30.3. The molecule has 0 spiro atoms. The van der Waals surface area contributed by atoms with Crippen LogP contribution in [0.1, 0.15) is 125 Å². The lowest BCUT2D eigenvalue weighted by Gasteiger charge is -2.40. The van der Waals surface area contributed by atoms with Crippen LogP contribution in [-0.4, -0.2) is 60.3 Å². The van der Waals surface area contributed by atoms with Crippen molar-refractivity contribution >= 4 is 11.7 Å². The number of hydrogen-bond acceptors (Lipinski definition) is 7. The maximum atomic E-state index is 14.0. The van der Waals surface area contributed by atoms with Gasteiger partial charge in [0.05, 0.1) is 24.9 Å². The van der Waals surface area contributed by atoms with Crippen LogP contribution in [0.15, 0.2) is 17.2 Å². The minimum Gasteiger partial charge on any atom is -0.497 e. The first kappa shape index (κ1) is 34.1. The van der Waals surface area contributed by atoms with Gasteiger partial charge in [-0.2, -0.15) is 5.10 Å². The van der Waals surface area contributed by atoms with Crippen molar-refractivity contribution in [3.8, 4) is 11.5 Å². The Hall–Kier alpha value is -2.12. The molecule has 0 amide bonds. The number of esters is 1. The van der Waals surface area contributed by atoms with E-state index < -0.39 is 12.1 Å². The highest BCUT2D eigenvalue weighted by atomic mass is 16.5. The van der Waals surface area contributed by atoms with Crippen molar-refractivity contribution in [3.63, 3.8) is 0 Å². The van der Waals surface area contributed by atoms with Gasteiger partial charge in [0.15, 0.2) is 0 Å². The van der Waals surface area contributed by atoms with Crippen LogP contribution in [0.2, 0.25) is 0 Å². The molecule has 40 heavy (non-hydrogen) atoms. The Labute approximate surface area is 243 Å². The molecule has 0 saturated carbocycles. The lowest BCUT2D eigenvalue weighted by molar-refractivity contribution is -0.127. The van der Waals surface area contributed by atoms with Gasteiger partial charge in [0.1, 0.15) is 17.2 Å². The maximum Gasteiger partial charge on any atom is 0.360 e. The van der Waals surface area contributed by atoms with E-state index in [1.54, 1.807) is 14.2 Å². The Morgan fingerprint density at radius 2 is 1.62 bits per heavy atom. The van der Waals surface area contributed by atoms with Gasteiger partial charge >= 0.3 is 5.97 Å². The number of aliphatic hydroxyl groups is 1. The second-order valence-corrected chi connectivity index (χ2v) is 13.3. The van der Waals surface area contributed by atoms with Crippen molar-refractivity contribution in [3.05, 3.63) is 23.3 Å². The minimum atomic E-state index is -0.670. The van der Waals surface area contributed by atoms with Crippen LogP contribution >= 0.6 is 0 Å². The van der Waals surface area contributed by atoms with E-state index in [1.165, 1.54) is 0 Å². The molecule has 1 aliphatic rings. The fourth-order valence-electron chi connectivity index (χ4n) is 5.73. The van der Waals surface area contributed by atoms with E-state index in [1.807, 2.05) is 17.1 Å².